The lowest BCUT2D eigenvalue weighted by Crippen LogP contribution is -1.93. The van der Waals surface area contributed by atoms with E-state index in [9.17, 15) is 5.11 Å². The molecule has 13 heavy (non-hydrogen) atoms. The highest BCUT2D eigenvalue weighted by Crippen LogP contribution is 2.27. The van der Waals surface area contributed by atoms with Gasteiger partial charge in [-0.15, -0.1) is 0 Å². The summed E-state index contributed by atoms with van der Waals surface area (Å²) < 4.78 is 0. The van der Waals surface area contributed by atoms with Gasteiger partial charge in [0.2, 0.25) is 0 Å². The van der Waals surface area contributed by atoms with Crippen molar-refractivity contribution in [3.05, 3.63) is 30.0 Å². The van der Waals surface area contributed by atoms with Gasteiger partial charge in [0.15, 0.2) is 0 Å². The fourth-order valence-corrected chi connectivity index (χ4v) is 1.42. The second-order valence-corrected chi connectivity index (χ2v) is 3.02. The molecule has 0 spiro atoms. The van der Waals surface area contributed by atoms with Crippen molar-refractivity contribution in [2.45, 2.75) is 6.92 Å². The van der Waals surface area contributed by atoms with Gasteiger partial charge in [-0.25, -0.2) is 4.98 Å². The molecule has 1 aromatic carbocycles. The number of nitrogens with zero attached hydrogens (tertiary/aromatic N) is 1. The molecule has 0 saturated carbocycles. The lowest BCUT2D eigenvalue weighted by molar-refractivity contribution is 0.481. The van der Waals surface area contributed by atoms with E-state index in [4.69, 9.17) is 5.73 Å². The maximum Gasteiger partial charge on any atom is 0.131 e. The van der Waals surface area contributed by atoms with Crippen LogP contribution in [0.5, 0.6) is 5.75 Å². The standard InChI is InChI=1S/C10H10N2O/c1-6-5-8-7(10(11)12-6)3-2-4-9(8)13/h2-5,13H,1H3,(H2,11,12). The zero-order valence-corrected chi connectivity index (χ0v) is 7.28. The molecule has 0 unspecified atom stereocenters. The first-order chi connectivity index (χ1) is 6.18. The minimum Gasteiger partial charge on any atom is -0.507 e. The van der Waals surface area contributed by atoms with Gasteiger partial charge in [-0.2, -0.15) is 0 Å². The molecular weight excluding hydrogens is 164 g/mol. The summed E-state index contributed by atoms with van der Waals surface area (Å²) in [5, 5.41) is 11.1. The van der Waals surface area contributed by atoms with Crippen LogP contribution in [0.1, 0.15) is 5.69 Å². The first-order valence-corrected chi connectivity index (χ1v) is 4.03. The Morgan fingerprint density at radius 2 is 2.08 bits per heavy atom. The number of nitrogens with two attached hydrogens (primary N) is 1. The van der Waals surface area contributed by atoms with Crippen molar-refractivity contribution in [3.63, 3.8) is 0 Å². The van der Waals surface area contributed by atoms with Crippen LogP contribution in [0, 0.1) is 6.92 Å². The van der Waals surface area contributed by atoms with Gasteiger partial charge in [-0.1, -0.05) is 12.1 Å². The third-order valence-electron chi connectivity index (χ3n) is 2.01. The minimum absolute atomic E-state index is 0.245. The molecule has 0 radical (unpaired) electrons. The number of fused-ring (bicyclic) bond motifs is 1. The van der Waals surface area contributed by atoms with Gasteiger partial charge in [0, 0.05) is 16.5 Å². The number of aromatic nitrogens is 1. The van der Waals surface area contributed by atoms with Crippen LogP contribution < -0.4 is 5.73 Å². The first kappa shape index (κ1) is 7.86. The smallest absolute Gasteiger partial charge is 0.131 e. The van der Waals surface area contributed by atoms with E-state index in [0.29, 0.717) is 5.82 Å². The van der Waals surface area contributed by atoms with E-state index in [1.165, 1.54) is 0 Å². The number of phenols is 1. The summed E-state index contributed by atoms with van der Waals surface area (Å²) in [5.41, 5.74) is 6.52. The molecular formula is C10H10N2O. The summed E-state index contributed by atoms with van der Waals surface area (Å²) in [6.07, 6.45) is 0. The molecule has 0 aliphatic heterocycles. The first-order valence-electron chi connectivity index (χ1n) is 4.03. The Hall–Kier alpha value is -1.77. The van der Waals surface area contributed by atoms with E-state index >= 15 is 0 Å². The molecule has 3 nitrogen and oxygen atoms in total. The van der Waals surface area contributed by atoms with E-state index in [0.717, 1.165) is 16.5 Å². The minimum atomic E-state index is 0.245. The molecule has 2 rings (SSSR count). The van der Waals surface area contributed by atoms with Crippen LogP contribution in [0.25, 0.3) is 10.8 Å². The molecule has 0 bridgehead atoms. The highest BCUT2D eigenvalue weighted by molar-refractivity contribution is 5.95. The summed E-state index contributed by atoms with van der Waals surface area (Å²) in [5.74, 6) is 0.709. The Balaban J connectivity index is 2.94. The van der Waals surface area contributed by atoms with Crippen LogP contribution >= 0.6 is 0 Å². The fourth-order valence-electron chi connectivity index (χ4n) is 1.42. The van der Waals surface area contributed by atoms with Crippen molar-refractivity contribution in [3.8, 4) is 5.75 Å². The molecule has 0 aliphatic rings. The summed E-state index contributed by atoms with van der Waals surface area (Å²) in [6, 6.07) is 7.06. The average Bonchev–Trinajstić information content (AvgIpc) is 2.07. The molecule has 1 heterocycles. The monoisotopic (exact) mass is 174 g/mol. The Kier molecular flexibility index (Phi) is 1.59. The van der Waals surface area contributed by atoms with E-state index in [1.54, 1.807) is 12.1 Å². The van der Waals surface area contributed by atoms with Gasteiger partial charge in [0.25, 0.3) is 0 Å². The number of anilines is 1. The predicted molar refractivity (Wildman–Crippen MR) is 52.6 cm³/mol. The van der Waals surface area contributed by atoms with Gasteiger partial charge in [0.1, 0.15) is 11.6 Å². The van der Waals surface area contributed by atoms with E-state index in [-0.39, 0.29) is 5.75 Å². The van der Waals surface area contributed by atoms with Gasteiger partial charge in [-0.3, -0.25) is 0 Å². The number of benzene rings is 1. The van der Waals surface area contributed by atoms with Crippen LogP contribution in [0.2, 0.25) is 0 Å². The van der Waals surface area contributed by atoms with Gasteiger partial charge in [-0.05, 0) is 19.1 Å². The number of phenolic OH excluding ortho intramolecular Hbond substituents is 1. The molecule has 2 aromatic rings. The van der Waals surface area contributed by atoms with Gasteiger partial charge in [0.05, 0.1) is 0 Å². The highest BCUT2D eigenvalue weighted by Gasteiger charge is 2.03. The molecule has 0 fully saturated rings. The number of nitrogen functional groups attached to an aromatic ring is 1. The highest BCUT2D eigenvalue weighted by atomic mass is 16.3. The fraction of sp³-hybridized carbons (Fsp3) is 0.100. The molecule has 0 aliphatic carbocycles. The van der Waals surface area contributed by atoms with Crippen molar-refractivity contribution >= 4 is 16.6 Å². The van der Waals surface area contributed by atoms with Crippen LogP contribution in [-0.2, 0) is 0 Å². The Bertz CT molecular complexity index is 466. The largest absolute Gasteiger partial charge is 0.507 e. The average molecular weight is 174 g/mol. The summed E-state index contributed by atoms with van der Waals surface area (Å²) in [6.45, 7) is 1.85. The van der Waals surface area contributed by atoms with Crippen LogP contribution in [-0.4, -0.2) is 10.1 Å². The summed E-state index contributed by atoms with van der Waals surface area (Å²) in [7, 11) is 0. The number of pyridine rings is 1. The van der Waals surface area contributed by atoms with E-state index in [2.05, 4.69) is 4.98 Å². The quantitative estimate of drug-likeness (QED) is 0.640. The zero-order valence-electron chi connectivity index (χ0n) is 7.28. The summed E-state index contributed by atoms with van der Waals surface area (Å²) >= 11 is 0. The molecule has 3 heteroatoms. The molecule has 0 saturated heterocycles. The van der Waals surface area contributed by atoms with Crippen molar-refractivity contribution in [2.75, 3.05) is 5.73 Å². The number of aromatic hydroxyl groups is 1. The van der Waals surface area contributed by atoms with Crippen LogP contribution in [0.4, 0.5) is 5.82 Å². The number of hydrogen-bond acceptors (Lipinski definition) is 3. The lowest BCUT2D eigenvalue weighted by Gasteiger charge is -2.04. The van der Waals surface area contributed by atoms with Crippen molar-refractivity contribution in [2.24, 2.45) is 0 Å². The molecule has 1 aromatic heterocycles. The topological polar surface area (TPSA) is 59.1 Å². The van der Waals surface area contributed by atoms with Gasteiger partial charge >= 0.3 is 0 Å². The molecule has 0 atom stereocenters. The number of hydrogen-bond donors (Lipinski definition) is 2. The normalized spacial score (nSPS) is 10.5. The molecule has 0 amide bonds. The third-order valence-corrected chi connectivity index (χ3v) is 2.01. The Labute approximate surface area is 75.8 Å². The maximum absolute atomic E-state index is 9.54. The maximum atomic E-state index is 9.54. The second-order valence-electron chi connectivity index (χ2n) is 3.02. The van der Waals surface area contributed by atoms with Crippen LogP contribution in [0.15, 0.2) is 24.3 Å². The summed E-state index contributed by atoms with van der Waals surface area (Å²) in [4.78, 5) is 4.11. The number of rotatable bonds is 0. The molecule has 3 N–H and O–H groups in total. The lowest BCUT2D eigenvalue weighted by atomic mass is 10.1. The molecule has 66 valence electrons. The van der Waals surface area contributed by atoms with Gasteiger partial charge < -0.3 is 10.8 Å². The third kappa shape index (κ3) is 1.18. The Morgan fingerprint density at radius 1 is 1.31 bits per heavy atom. The Morgan fingerprint density at radius 3 is 2.85 bits per heavy atom. The predicted octanol–water partition coefficient (Wildman–Crippen LogP) is 1.83. The van der Waals surface area contributed by atoms with Crippen molar-refractivity contribution < 1.29 is 5.11 Å². The van der Waals surface area contributed by atoms with Crippen molar-refractivity contribution in [1.29, 1.82) is 0 Å². The van der Waals surface area contributed by atoms with Crippen molar-refractivity contribution in [1.82, 2.24) is 4.98 Å². The van der Waals surface area contributed by atoms with Crippen LogP contribution in [0.3, 0.4) is 0 Å². The SMILES string of the molecule is Cc1cc2c(O)cccc2c(N)n1. The van der Waals surface area contributed by atoms with E-state index in [1.807, 2.05) is 19.1 Å². The number of aryl methyl sites for hydroxylation is 1. The second kappa shape index (κ2) is 2.62. The zero-order chi connectivity index (χ0) is 9.42. The van der Waals surface area contributed by atoms with E-state index < -0.39 is 0 Å².